The fraction of sp³-hybridized carbons (Fsp3) is 0.0769. The summed E-state index contributed by atoms with van der Waals surface area (Å²) in [5.41, 5.74) is 4.77. The first-order valence-electron chi connectivity index (χ1n) is 5.25. The summed E-state index contributed by atoms with van der Waals surface area (Å²) in [6, 6.07) is 2.59. The maximum Gasteiger partial charge on any atom is 0.163 e. The Kier molecular flexibility index (Phi) is 3.53. The van der Waals surface area contributed by atoms with E-state index in [1.54, 1.807) is 0 Å². The van der Waals surface area contributed by atoms with Gasteiger partial charge in [-0.15, -0.1) is 0 Å². The molecule has 0 heterocycles. The Morgan fingerprint density at radius 3 is 2.05 bits per heavy atom. The average Bonchev–Trinajstić information content (AvgIpc) is 2.36. The van der Waals surface area contributed by atoms with Gasteiger partial charge in [0.05, 0.1) is 6.04 Å². The third-order valence-corrected chi connectivity index (χ3v) is 2.69. The monoisotopic (exact) mass is 273 g/mol. The minimum Gasteiger partial charge on any atom is -0.320 e. The average molecular weight is 273 g/mol. The first kappa shape index (κ1) is 13.5. The molecule has 6 heteroatoms. The molecule has 2 aromatic carbocycles. The number of nitrogens with two attached hydrogens (primary N) is 1. The molecule has 2 N–H and O–H groups in total. The van der Waals surface area contributed by atoms with Crippen LogP contribution in [-0.2, 0) is 0 Å². The number of hydrogen-bond acceptors (Lipinski definition) is 1. The Labute approximate surface area is 105 Å². The Balaban J connectivity index is 2.53. The highest BCUT2D eigenvalue weighted by molar-refractivity contribution is 5.34. The second kappa shape index (κ2) is 4.97. The van der Waals surface area contributed by atoms with Crippen LogP contribution in [0.3, 0.4) is 0 Å². The lowest BCUT2D eigenvalue weighted by Gasteiger charge is -2.15. The largest absolute Gasteiger partial charge is 0.320 e. The van der Waals surface area contributed by atoms with Gasteiger partial charge < -0.3 is 5.73 Å². The van der Waals surface area contributed by atoms with Crippen LogP contribution in [-0.4, -0.2) is 0 Å². The van der Waals surface area contributed by atoms with Crippen molar-refractivity contribution in [3.63, 3.8) is 0 Å². The van der Waals surface area contributed by atoms with Gasteiger partial charge in [0.15, 0.2) is 23.3 Å². The SMILES string of the molecule is NC(c1cc(F)c(F)cc1F)c1cccc(F)c1F. The second-order valence-corrected chi connectivity index (χ2v) is 3.91. The zero-order valence-corrected chi connectivity index (χ0v) is 9.43. The highest BCUT2D eigenvalue weighted by atomic mass is 19.2. The first-order chi connectivity index (χ1) is 8.91. The van der Waals surface area contributed by atoms with E-state index >= 15 is 0 Å². The number of rotatable bonds is 2. The molecule has 0 bridgehead atoms. The van der Waals surface area contributed by atoms with Crippen molar-refractivity contribution in [2.75, 3.05) is 0 Å². The summed E-state index contributed by atoms with van der Waals surface area (Å²) in [7, 11) is 0. The highest BCUT2D eigenvalue weighted by Crippen LogP contribution is 2.26. The molecule has 1 atom stereocenters. The minimum absolute atomic E-state index is 0.307. The summed E-state index contributed by atoms with van der Waals surface area (Å²) in [6.45, 7) is 0. The van der Waals surface area contributed by atoms with Crippen molar-refractivity contribution in [3.8, 4) is 0 Å². The van der Waals surface area contributed by atoms with E-state index < -0.39 is 40.7 Å². The predicted molar refractivity (Wildman–Crippen MR) is 58.7 cm³/mol. The van der Waals surface area contributed by atoms with Gasteiger partial charge in [-0.2, -0.15) is 0 Å². The molecule has 19 heavy (non-hydrogen) atoms. The summed E-state index contributed by atoms with van der Waals surface area (Å²) in [6.07, 6.45) is 0. The first-order valence-corrected chi connectivity index (χ1v) is 5.25. The smallest absolute Gasteiger partial charge is 0.163 e. The molecule has 0 aliphatic rings. The van der Waals surface area contributed by atoms with Crippen molar-refractivity contribution in [1.29, 1.82) is 0 Å². The fourth-order valence-corrected chi connectivity index (χ4v) is 1.70. The molecule has 0 saturated heterocycles. The Bertz CT molecular complexity index is 627. The molecule has 0 fully saturated rings. The van der Waals surface area contributed by atoms with E-state index in [-0.39, 0.29) is 5.56 Å². The predicted octanol–water partition coefficient (Wildman–Crippen LogP) is 3.43. The lowest BCUT2D eigenvalue weighted by molar-refractivity contribution is 0.479. The minimum atomic E-state index is -1.44. The molecular formula is C13H8F5N. The zero-order valence-electron chi connectivity index (χ0n) is 9.43. The van der Waals surface area contributed by atoms with E-state index in [1.165, 1.54) is 6.07 Å². The van der Waals surface area contributed by atoms with Gasteiger partial charge in [-0.3, -0.25) is 0 Å². The van der Waals surface area contributed by atoms with Gasteiger partial charge in [0.25, 0.3) is 0 Å². The summed E-state index contributed by atoms with van der Waals surface area (Å²) in [4.78, 5) is 0. The maximum atomic E-state index is 13.5. The Morgan fingerprint density at radius 2 is 1.37 bits per heavy atom. The van der Waals surface area contributed by atoms with Crippen LogP contribution < -0.4 is 5.73 Å². The quantitative estimate of drug-likeness (QED) is 0.658. The molecule has 0 aromatic heterocycles. The molecule has 0 aliphatic carbocycles. The van der Waals surface area contributed by atoms with Gasteiger partial charge in [0.2, 0.25) is 0 Å². The number of hydrogen-bond donors (Lipinski definition) is 1. The van der Waals surface area contributed by atoms with E-state index in [0.717, 1.165) is 12.1 Å². The van der Waals surface area contributed by atoms with E-state index in [0.29, 0.717) is 12.1 Å². The van der Waals surface area contributed by atoms with E-state index in [4.69, 9.17) is 5.73 Å². The summed E-state index contributed by atoms with van der Waals surface area (Å²) in [5.74, 6) is -6.23. The third kappa shape index (κ3) is 2.44. The Morgan fingerprint density at radius 1 is 0.737 bits per heavy atom. The van der Waals surface area contributed by atoms with Crippen LogP contribution in [0.25, 0.3) is 0 Å². The van der Waals surface area contributed by atoms with Crippen molar-refractivity contribution < 1.29 is 22.0 Å². The molecule has 1 nitrogen and oxygen atoms in total. The molecule has 0 aliphatic heterocycles. The summed E-state index contributed by atoms with van der Waals surface area (Å²) < 4.78 is 65.9. The fourth-order valence-electron chi connectivity index (χ4n) is 1.70. The normalized spacial score (nSPS) is 12.5. The van der Waals surface area contributed by atoms with Crippen molar-refractivity contribution in [1.82, 2.24) is 0 Å². The molecule has 2 rings (SSSR count). The molecule has 0 amide bonds. The van der Waals surface area contributed by atoms with Crippen molar-refractivity contribution in [2.24, 2.45) is 5.73 Å². The molecule has 0 saturated carbocycles. The van der Waals surface area contributed by atoms with E-state index in [2.05, 4.69) is 0 Å². The summed E-state index contributed by atoms with van der Waals surface area (Å²) >= 11 is 0. The maximum absolute atomic E-state index is 13.5. The van der Waals surface area contributed by atoms with Crippen LogP contribution in [0.15, 0.2) is 30.3 Å². The second-order valence-electron chi connectivity index (χ2n) is 3.91. The molecule has 1 unspecified atom stereocenters. The van der Waals surface area contributed by atoms with Crippen molar-refractivity contribution >= 4 is 0 Å². The van der Waals surface area contributed by atoms with Crippen LogP contribution in [0.1, 0.15) is 17.2 Å². The third-order valence-electron chi connectivity index (χ3n) is 2.69. The van der Waals surface area contributed by atoms with Crippen molar-refractivity contribution in [3.05, 3.63) is 70.5 Å². The van der Waals surface area contributed by atoms with E-state index in [9.17, 15) is 22.0 Å². The van der Waals surface area contributed by atoms with Gasteiger partial charge in [-0.05, 0) is 12.1 Å². The van der Waals surface area contributed by atoms with E-state index in [1.807, 2.05) is 0 Å². The van der Waals surface area contributed by atoms with Crippen LogP contribution in [0, 0.1) is 29.1 Å². The van der Waals surface area contributed by atoms with Crippen LogP contribution >= 0.6 is 0 Å². The van der Waals surface area contributed by atoms with Gasteiger partial charge >= 0.3 is 0 Å². The lowest BCUT2D eigenvalue weighted by Crippen LogP contribution is -2.16. The molecular weight excluding hydrogens is 265 g/mol. The van der Waals surface area contributed by atoms with Crippen molar-refractivity contribution in [2.45, 2.75) is 6.04 Å². The van der Waals surface area contributed by atoms with Gasteiger partial charge in [0, 0.05) is 17.2 Å². The topological polar surface area (TPSA) is 26.0 Å². The van der Waals surface area contributed by atoms with Crippen LogP contribution in [0.4, 0.5) is 22.0 Å². The Hall–Kier alpha value is -1.95. The zero-order chi connectivity index (χ0) is 14.2. The summed E-state index contributed by atoms with van der Waals surface area (Å²) in [5, 5.41) is 0. The molecule has 2 aromatic rings. The van der Waals surface area contributed by atoms with Gasteiger partial charge in [-0.1, -0.05) is 12.1 Å². The molecule has 0 spiro atoms. The highest BCUT2D eigenvalue weighted by Gasteiger charge is 2.21. The number of benzene rings is 2. The van der Waals surface area contributed by atoms with Gasteiger partial charge in [0.1, 0.15) is 5.82 Å². The standard InChI is InChI=1S/C13H8F5N/c14-8-3-1-2-6(12(8)18)13(19)7-4-10(16)11(17)5-9(7)15/h1-5,13H,19H2. The number of halogens is 5. The van der Waals surface area contributed by atoms with Crippen LogP contribution in [0.2, 0.25) is 0 Å². The molecule has 0 radical (unpaired) electrons. The molecule has 100 valence electrons. The van der Waals surface area contributed by atoms with Gasteiger partial charge in [-0.25, -0.2) is 22.0 Å². The van der Waals surface area contributed by atoms with Crippen LogP contribution in [0.5, 0.6) is 0 Å². The lowest BCUT2D eigenvalue weighted by atomic mass is 9.98.